The molecule has 0 aliphatic heterocycles. The molecule has 1 atom stereocenters. The third kappa shape index (κ3) is 6.43. The predicted octanol–water partition coefficient (Wildman–Crippen LogP) is 2.25. The predicted molar refractivity (Wildman–Crippen MR) is 48.6 cm³/mol. The van der Waals surface area contributed by atoms with Crippen LogP contribution in [0.15, 0.2) is 0 Å². The summed E-state index contributed by atoms with van der Waals surface area (Å²) in [6.07, 6.45) is 5.80. The van der Waals surface area contributed by atoms with Crippen molar-refractivity contribution >= 4 is 12.6 Å². The van der Waals surface area contributed by atoms with Crippen molar-refractivity contribution in [3.05, 3.63) is 0 Å². The van der Waals surface area contributed by atoms with Gasteiger partial charge in [0.1, 0.15) is 0 Å². The van der Waals surface area contributed by atoms with Gasteiger partial charge in [0.2, 0.25) is 0 Å². The third-order valence-electron chi connectivity index (χ3n) is 1.60. The van der Waals surface area contributed by atoms with Crippen molar-refractivity contribution in [1.29, 1.82) is 0 Å². The molecule has 0 radical (unpaired) electrons. The highest BCUT2D eigenvalue weighted by atomic mass is 32.1. The Kier molecular flexibility index (Phi) is 7.65. The van der Waals surface area contributed by atoms with Crippen molar-refractivity contribution in [2.45, 2.75) is 44.3 Å². The molecule has 0 aromatic carbocycles. The second kappa shape index (κ2) is 7.42. The molecule has 0 bridgehead atoms. The van der Waals surface area contributed by atoms with Gasteiger partial charge in [-0.15, -0.1) is 0 Å². The largest absolute Gasteiger partial charge is 0.396 e. The molecule has 2 heteroatoms. The van der Waals surface area contributed by atoms with Gasteiger partial charge in [0.25, 0.3) is 0 Å². The van der Waals surface area contributed by atoms with E-state index in [1.807, 2.05) is 0 Å². The average Bonchev–Trinajstić information content (AvgIpc) is 1.89. The summed E-state index contributed by atoms with van der Waals surface area (Å²) in [5, 5.41) is 8.96. The van der Waals surface area contributed by atoms with Crippen molar-refractivity contribution in [3.8, 4) is 0 Å². The molecule has 0 rings (SSSR count). The highest BCUT2D eigenvalue weighted by molar-refractivity contribution is 7.80. The van der Waals surface area contributed by atoms with Crippen molar-refractivity contribution in [3.63, 3.8) is 0 Å². The first kappa shape index (κ1) is 10.3. The van der Waals surface area contributed by atoms with E-state index in [2.05, 4.69) is 19.6 Å². The van der Waals surface area contributed by atoms with Gasteiger partial charge < -0.3 is 5.11 Å². The minimum atomic E-state index is 0.278. The van der Waals surface area contributed by atoms with Gasteiger partial charge in [0.15, 0.2) is 0 Å². The lowest BCUT2D eigenvalue weighted by Gasteiger charge is -2.06. The maximum atomic E-state index is 8.54. The van der Waals surface area contributed by atoms with Gasteiger partial charge in [-0.25, -0.2) is 0 Å². The van der Waals surface area contributed by atoms with E-state index in [1.165, 1.54) is 19.3 Å². The van der Waals surface area contributed by atoms with Crippen LogP contribution < -0.4 is 0 Å². The van der Waals surface area contributed by atoms with Gasteiger partial charge in [-0.1, -0.05) is 26.2 Å². The Morgan fingerprint density at radius 3 is 2.50 bits per heavy atom. The van der Waals surface area contributed by atoms with Crippen molar-refractivity contribution in [2.75, 3.05) is 6.61 Å². The summed E-state index contributed by atoms with van der Waals surface area (Å²) in [5.41, 5.74) is 0. The quantitative estimate of drug-likeness (QED) is 0.453. The molecule has 10 heavy (non-hydrogen) atoms. The van der Waals surface area contributed by atoms with Crippen molar-refractivity contribution in [2.24, 2.45) is 0 Å². The van der Waals surface area contributed by atoms with Crippen LogP contribution >= 0.6 is 12.6 Å². The summed E-state index contributed by atoms with van der Waals surface area (Å²) in [7, 11) is 0. The molecular weight excluding hydrogens is 144 g/mol. The standard InChI is InChI=1S/C8H18OS/c1-2-3-4-5-8(10)6-7-9/h8-10H,2-7H2,1H3/t8-/m1/s1. The molecule has 0 unspecified atom stereocenters. The lowest BCUT2D eigenvalue weighted by Crippen LogP contribution is -2.01. The maximum absolute atomic E-state index is 8.54. The summed E-state index contributed by atoms with van der Waals surface area (Å²) in [5.74, 6) is 0. The molecule has 0 saturated carbocycles. The number of thiol groups is 1. The van der Waals surface area contributed by atoms with Crippen molar-refractivity contribution in [1.82, 2.24) is 0 Å². The lowest BCUT2D eigenvalue weighted by atomic mass is 10.1. The molecule has 62 valence electrons. The fourth-order valence-corrected chi connectivity index (χ4v) is 1.22. The number of unbranched alkanes of at least 4 members (excludes halogenated alkanes) is 2. The molecule has 0 spiro atoms. The summed E-state index contributed by atoms with van der Waals surface area (Å²) < 4.78 is 0. The number of rotatable bonds is 6. The topological polar surface area (TPSA) is 20.2 Å². The smallest absolute Gasteiger partial charge is 0.0441 e. The van der Waals surface area contributed by atoms with Crippen LogP contribution in [0.1, 0.15) is 39.0 Å². The number of aliphatic hydroxyl groups excluding tert-OH is 1. The van der Waals surface area contributed by atoms with Gasteiger partial charge in [-0.05, 0) is 12.8 Å². The molecular formula is C8H18OS. The SMILES string of the molecule is CCCCC[C@@H](S)CCO. The number of hydrogen-bond acceptors (Lipinski definition) is 2. The third-order valence-corrected chi connectivity index (χ3v) is 2.12. The van der Waals surface area contributed by atoms with Gasteiger partial charge >= 0.3 is 0 Å². The molecule has 0 fully saturated rings. The summed E-state index contributed by atoms with van der Waals surface area (Å²) >= 11 is 4.32. The summed E-state index contributed by atoms with van der Waals surface area (Å²) in [6, 6.07) is 0. The molecule has 0 amide bonds. The van der Waals surface area contributed by atoms with E-state index < -0.39 is 0 Å². The highest BCUT2D eigenvalue weighted by Gasteiger charge is 1.99. The van der Waals surface area contributed by atoms with Crippen LogP contribution in [0, 0.1) is 0 Å². The number of aliphatic hydroxyl groups is 1. The van der Waals surface area contributed by atoms with E-state index in [9.17, 15) is 0 Å². The van der Waals surface area contributed by atoms with Crippen LogP contribution in [0.5, 0.6) is 0 Å². The van der Waals surface area contributed by atoms with E-state index in [0.717, 1.165) is 12.8 Å². The monoisotopic (exact) mass is 162 g/mol. The highest BCUT2D eigenvalue weighted by Crippen LogP contribution is 2.10. The first-order valence-corrected chi connectivity index (χ1v) is 4.61. The molecule has 0 aromatic rings. The molecule has 0 aliphatic carbocycles. The van der Waals surface area contributed by atoms with Crippen LogP contribution in [-0.2, 0) is 0 Å². The van der Waals surface area contributed by atoms with E-state index in [-0.39, 0.29) is 6.61 Å². The summed E-state index contributed by atoms with van der Waals surface area (Å²) in [6.45, 7) is 2.47. The molecule has 1 nitrogen and oxygen atoms in total. The Morgan fingerprint density at radius 2 is 2.00 bits per heavy atom. The molecule has 0 aliphatic rings. The Bertz CT molecular complexity index is 66.3. The Balaban J connectivity index is 2.97. The van der Waals surface area contributed by atoms with Crippen molar-refractivity contribution < 1.29 is 5.11 Å². The minimum Gasteiger partial charge on any atom is -0.396 e. The van der Waals surface area contributed by atoms with E-state index >= 15 is 0 Å². The maximum Gasteiger partial charge on any atom is 0.0441 e. The Hall–Kier alpha value is 0.310. The lowest BCUT2D eigenvalue weighted by molar-refractivity contribution is 0.285. The van der Waals surface area contributed by atoms with Gasteiger partial charge in [-0.3, -0.25) is 0 Å². The number of hydrogen-bond donors (Lipinski definition) is 2. The van der Waals surface area contributed by atoms with E-state index in [1.54, 1.807) is 0 Å². The van der Waals surface area contributed by atoms with Crippen LogP contribution in [0.2, 0.25) is 0 Å². The molecule has 0 heterocycles. The molecule has 0 aromatic heterocycles. The van der Waals surface area contributed by atoms with E-state index in [0.29, 0.717) is 5.25 Å². The molecule has 0 saturated heterocycles. The van der Waals surface area contributed by atoms with Crippen LogP contribution in [-0.4, -0.2) is 17.0 Å². The Morgan fingerprint density at radius 1 is 1.30 bits per heavy atom. The molecule has 1 N–H and O–H groups in total. The second-order valence-corrected chi connectivity index (χ2v) is 3.39. The zero-order valence-electron chi connectivity index (χ0n) is 6.71. The zero-order valence-corrected chi connectivity index (χ0v) is 7.61. The zero-order chi connectivity index (χ0) is 7.82. The normalized spacial score (nSPS) is 13.5. The van der Waals surface area contributed by atoms with Crippen LogP contribution in [0.4, 0.5) is 0 Å². The minimum absolute atomic E-state index is 0.278. The van der Waals surface area contributed by atoms with Gasteiger partial charge in [0, 0.05) is 11.9 Å². The van der Waals surface area contributed by atoms with Crippen LogP contribution in [0.25, 0.3) is 0 Å². The summed E-state index contributed by atoms with van der Waals surface area (Å²) in [4.78, 5) is 0. The first-order chi connectivity index (χ1) is 4.81. The second-order valence-electron chi connectivity index (χ2n) is 2.66. The fourth-order valence-electron chi connectivity index (χ4n) is 0.923. The van der Waals surface area contributed by atoms with Crippen LogP contribution in [0.3, 0.4) is 0 Å². The fraction of sp³-hybridized carbons (Fsp3) is 1.00. The Labute approximate surface area is 69.2 Å². The van der Waals surface area contributed by atoms with Gasteiger partial charge in [0.05, 0.1) is 0 Å². The van der Waals surface area contributed by atoms with Gasteiger partial charge in [-0.2, -0.15) is 12.6 Å². The first-order valence-electron chi connectivity index (χ1n) is 4.10. The van der Waals surface area contributed by atoms with E-state index in [4.69, 9.17) is 5.11 Å². The average molecular weight is 162 g/mol.